The van der Waals surface area contributed by atoms with Gasteiger partial charge >= 0.3 is 0 Å². The van der Waals surface area contributed by atoms with E-state index >= 15 is 0 Å². The molecule has 0 saturated carbocycles. The smallest absolute Gasteiger partial charge is 0.259 e. The summed E-state index contributed by atoms with van der Waals surface area (Å²) in [4.78, 5) is 0. The number of nitrogens with zero attached hydrogens (tertiary/aromatic N) is 1. The molecule has 1 aliphatic heterocycles. The number of alkyl halides is 1. The Morgan fingerprint density at radius 1 is 1.03 bits per heavy atom. The van der Waals surface area contributed by atoms with Crippen molar-refractivity contribution in [1.29, 1.82) is 5.26 Å². The fourth-order valence-corrected chi connectivity index (χ4v) is 12.7. The number of halogens is 1. The standard InChI is InChI=1S/C30H60ClNO4Si2/c1-22(2)38(23(3)4,24(5)6)33-19-16-27-25(7)14-17-30(21-32,35-27)36-28(26(8)15-18-31)20-34-37(12,13)29(9,10)11/h22-28H,14-20H2,1-13H3/t25-,26-,27+,28-,30+/m0/s1. The van der Waals surface area contributed by atoms with Crippen LogP contribution >= 0.6 is 11.6 Å². The molecule has 0 radical (unpaired) electrons. The molecule has 5 atom stereocenters. The van der Waals surface area contributed by atoms with Crippen molar-refractivity contribution in [2.45, 2.75) is 155 Å². The summed E-state index contributed by atoms with van der Waals surface area (Å²) in [7, 11) is -3.92. The Balaban J connectivity index is 3.05. The fourth-order valence-electron chi connectivity index (χ4n) is 5.84. The average Bonchev–Trinajstić information content (AvgIpc) is 2.80. The number of hydrogen-bond donors (Lipinski definition) is 0. The van der Waals surface area contributed by atoms with Crippen LogP contribution in [0.1, 0.15) is 102 Å². The lowest BCUT2D eigenvalue weighted by Crippen LogP contribution is -2.51. The molecule has 5 nitrogen and oxygen atoms in total. The van der Waals surface area contributed by atoms with Crippen molar-refractivity contribution < 1.29 is 18.3 Å². The molecule has 0 bridgehead atoms. The highest BCUT2D eigenvalue weighted by atomic mass is 35.5. The molecule has 1 fully saturated rings. The fraction of sp³-hybridized carbons (Fsp3) is 0.967. The van der Waals surface area contributed by atoms with Gasteiger partial charge in [-0.25, -0.2) is 0 Å². The maximum absolute atomic E-state index is 10.4. The predicted octanol–water partition coefficient (Wildman–Crippen LogP) is 9.28. The second-order valence-electron chi connectivity index (χ2n) is 14.2. The lowest BCUT2D eigenvalue weighted by molar-refractivity contribution is -0.285. The van der Waals surface area contributed by atoms with Crippen molar-refractivity contribution in [3.05, 3.63) is 0 Å². The topological polar surface area (TPSA) is 60.7 Å². The van der Waals surface area contributed by atoms with Crippen molar-refractivity contribution in [3.8, 4) is 6.07 Å². The van der Waals surface area contributed by atoms with Gasteiger partial charge in [0, 0.05) is 18.9 Å². The number of nitriles is 1. The van der Waals surface area contributed by atoms with E-state index < -0.39 is 22.4 Å². The molecule has 0 amide bonds. The minimum Gasteiger partial charge on any atom is -0.416 e. The third-order valence-electron chi connectivity index (χ3n) is 9.49. The highest BCUT2D eigenvalue weighted by Crippen LogP contribution is 2.43. The maximum atomic E-state index is 10.4. The Labute approximate surface area is 242 Å². The van der Waals surface area contributed by atoms with E-state index in [9.17, 15) is 5.26 Å². The van der Waals surface area contributed by atoms with E-state index in [0.29, 0.717) is 48.1 Å². The van der Waals surface area contributed by atoms with Crippen molar-refractivity contribution in [3.63, 3.8) is 0 Å². The van der Waals surface area contributed by atoms with Crippen molar-refractivity contribution in [2.75, 3.05) is 19.1 Å². The molecular weight excluding hydrogens is 530 g/mol. The number of hydrogen-bond acceptors (Lipinski definition) is 5. The highest BCUT2D eigenvalue weighted by molar-refractivity contribution is 6.77. The summed E-state index contributed by atoms with van der Waals surface area (Å²) in [5.74, 6) is -0.214. The van der Waals surface area contributed by atoms with Crippen LogP contribution in [0.25, 0.3) is 0 Å². The van der Waals surface area contributed by atoms with Gasteiger partial charge in [-0.05, 0) is 65.9 Å². The largest absolute Gasteiger partial charge is 0.416 e. The Morgan fingerprint density at radius 3 is 2.03 bits per heavy atom. The maximum Gasteiger partial charge on any atom is 0.259 e. The normalized spacial score (nSPS) is 25.2. The first kappa shape index (κ1) is 36.1. The molecule has 0 aliphatic carbocycles. The number of rotatable bonds is 15. The first-order valence-electron chi connectivity index (χ1n) is 15.0. The first-order valence-corrected chi connectivity index (χ1v) is 20.6. The van der Waals surface area contributed by atoms with Gasteiger partial charge in [0.15, 0.2) is 16.6 Å². The molecule has 0 N–H and O–H groups in total. The summed E-state index contributed by atoms with van der Waals surface area (Å²) in [6, 6.07) is 2.43. The van der Waals surface area contributed by atoms with Crippen LogP contribution in [-0.2, 0) is 18.3 Å². The third-order valence-corrected chi connectivity index (χ3v) is 20.3. The molecule has 1 rings (SSSR count). The second-order valence-corrected chi connectivity index (χ2v) is 24.8. The van der Waals surface area contributed by atoms with Gasteiger partial charge in [0.25, 0.3) is 5.79 Å². The van der Waals surface area contributed by atoms with E-state index in [-0.39, 0.29) is 23.2 Å². The minimum absolute atomic E-state index is 0.0770. The zero-order chi connectivity index (χ0) is 29.5. The molecule has 224 valence electrons. The third kappa shape index (κ3) is 9.03. The van der Waals surface area contributed by atoms with Gasteiger partial charge in [-0.15, -0.1) is 11.6 Å². The van der Waals surface area contributed by atoms with E-state index in [1.807, 2.05) is 0 Å². The van der Waals surface area contributed by atoms with Gasteiger partial charge in [0.2, 0.25) is 0 Å². The SMILES string of the molecule is CC(C)[Si](OCC[C@H]1O[C@@](C#N)(O[C@@H](CO[Si](C)(C)C(C)(C)C)[C@@H](C)CCCl)CC[C@@H]1C)(C(C)C)C(C)C. The molecule has 0 unspecified atom stereocenters. The van der Waals surface area contributed by atoms with Crippen LogP contribution in [0, 0.1) is 23.2 Å². The van der Waals surface area contributed by atoms with E-state index in [0.717, 1.165) is 19.3 Å². The van der Waals surface area contributed by atoms with Gasteiger partial charge in [-0.2, -0.15) is 5.26 Å². The van der Waals surface area contributed by atoms with E-state index in [1.54, 1.807) is 0 Å². The summed E-state index contributed by atoms with van der Waals surface area (Å²) in [5.41, 5.74) is 1.62. The van der Waals surface area contributed by atoms with Gasteiger partial charge in [0.1, 0.15) is 6.07 Å². The molecule has 0 aromatic carbocycles. The van der Waals surface area contributed by atoms with E-state index in [4.69, 9.17) is 29.9 Å². The zero-order valence-electron chi connectivity index (χ0n) is 26.9. The molecule has 8 heteroatoms. The second kappa shape index (κ2) is 14.8. The predicted molar refractivity (Wildman–Crippen MR) is 166 cm³/mol. The van der Waals surface area contributed by atoms with Crippen LogP contribution in [0.4, 0.5) is 0 Å². The molecular formula is C30H60ClNO4Si2. The van der Waals surface area contributed by atoms with Gasteiger partial charge < -0.3 is 18.3 Å². The van der Waals surface area contributed by atoms with Crippen LogP contribution in [0.2, 0.25) is 34.8 Å². The summed E-state index contributed by atoms with van der Waals surface area (Å²) >= 11 is 6.12. The van der Waals surface area contributed by atoms with Crippen LogP contribution in [0.5, 0.6) is 0 Å². The lowest BCUT2D eigenvalue weighted by Gasteiger charge is -2.45. The Morgan fingerprint density at radius 2 is 1.58 bits per heavy atom. The van der Waals surface area contributed by atoms with E-state index in [2.05, 4.69) is 95.3 Å². The molecule has 0 aromatic heterocycles. The van der Waals surface area contributed by atoms with Gasteiger partial charge in [0.05, 0.1) is 18.8 Å². The molecule has 0 aromatic rings. The minimum atomic E-state index is -1.97. The highest BCUT2D eigenvalue weighted by Gasteiger charge is 2.47. The summed E-state index contributed by atoms with van der Waals surface area (Å²) < 4.78 is 26.6. The molecule has 1 heterocycles. The quantitative estimate of drug-likeness (QED) is 0.141. The van der Waals surface area contributed by atoms with E-state index in [1.165, 1.54) is 0 Å². The molecule has 1 aliphatic rings. The summed E-state index contributed by atoms with van der Waals surface area (Å²) in [6.45, 7) is 30.6. The Bertz CT molecular complexity index is 728. The molecule has 1 saturated heterocycles. The van der Waals surface area contributed by atoms with Crippen molar-refractivity contribution in [2.24, 2.45) is 11.8 Å². The van der Waals surface area contributed by atoms with Crippen LogP contribution in [-0.4, -0.2) is 53.7 Å². The summed E-state index contributed by atoms with van der Waals surface area (Å²) in [5, 5.41) is 10.5. The monoisotopic (exact) mass is 589 g/mol. The Hall–Kier alpha value is 0.0538. The van der Waals surface area contributed by atoms with Crippen molar-refractivity contribution in [1.82, 2.24) is 0 Å². The first-order chi connectivity index (χ1) is 17.4. The zero-order valence-corrected chi connectivity index (χ0v) is 29.7. The number of ether oxygens (including phenoxy) is 2. The summed E-state index contributed by atoms with van der Waals surface area (Å²) in [6.07, 6.45) is 2.70. The average molecular weight is 590 g/mol. The Kier molecular flexibility index (Phi) is 14.0. The van der Waals surface area contributed by atoms with Crippen LogP contribution in [0.15, 0.2) is 0 Å². The van der Waals surface area contributed by atoms with Gasteiger partial charge in [-0.1, -0.05) is 76.2 Å². The van der Waals surface area contributed by atoms with Crippen LogP contribution < -0.4 is 0 Å². The van der Waals surface area contributed by atoms with Crippen LogP contribution in [0.3, 0.4) is 0 Å². The lowest BCUT2D eigenvalue weighted by atomic mass is 9.90. The molecule has 0 spiro atoms. The van der Waals surface area contributed by atoms with Gasteiger partial charge in [-0.3, -0.25) is 0 Å². The molecule has 38 heavy (non-hydrogen) atoms. The van der Waals surface area contributed by atoms with Crippen molar-refractivity contribution >= 4 is 28.2 Å².